The minimum absolute atomic E-state index is 0.0195. The van der Waals surface area contributed by atoms with Gasteiger partial charge in [0.15, 0.2) is 0 Å². The summed E-state index contributed by atoms with van der Waals surface area (Å²) in [4.78, 5) is 32.9. The van der Waals surface area contributed by atoms with Gasteiger partial charge in [-0.2, -0.15) is 0 Å². The van der Waals surface area contributed by atoms with E-state index in [0.29, 0.717) is 12.1 Å². The molecule has 7 heteroatoms. The number of thiazole rings is 1. The van der Waals surface area contributed by atoms with E-state index >= 15 is 0 Å². The van der Waals surface area contributed by atoms with Crippen molar-refractivity contribution in [3.05, 3.63) is 87.6 Å². The van der Waals surface area contributed by atoms with E-state index < -0.39 is 6.17 Å². The first-order chi connectivity index (χ1) is 13.5. The fourth-order valence-corrected chi connectivity index (χ4v) is 4.16. The maximum absolute atomic E-state index is 13.4. The smallest absolute Gasteiger partial charge is 0.275 e. The van der Waals surface area contributed by atoms with Crippen LogP contribution in [-0.2, 0) is 11.2 Å². The lowest BCUT2D eigenvalue weighted by atomic mass is 10.1. The van der Waals surface area contributed by atoms with Gasteiger partial charge in [0.25, 0.3) is 5.91 Å². The Bertz CT molecular complexity index is 1020. The highest BCUT2D eigenvalue weighted by molar-refractivity contribution is 7.09. The summed E-state index contributed by atoms with van der Waals surface area (Å²) in [7, 11) is 1.70. The number of carbonyl (C=O) groups excluding carboxylic acids is 2. The van der Waals surface area contributed by atoms with Gasteiger partial charge in [0.05, 0.1) is 5.01 Å². The Hall–Kier alpha value is -3.06. The fourth-order valence-electron chi connectivity index (χ4n) is 3.36. The van der Waals surface area contributed by atoms with Gasteiger partial charge in [0.2, 0.25) is 5.91 Å². The Morgan fingerprint density at radius 3 is 2.75 bits per heavy atom. The first-order valence-corrected chi connectivity index (χ1v) is 9.71. The number of likely N-dealkylation sites (N-methyl/N-ethyl adjacent to an activating group) is 1. The summed E-state index contributed by atoms with van der Waals surface area (Å²) >= 11 is 1.36. The van der Waals surface area contributed by atoms with E-state index in [-0.39, 0.29) is 24.2 Å². The molecule has 1 saturated heterocycles. The van der Waals surface area contributed by atoms with Crippen LogP contribution in [0.1, 0.15) is 32.8 Å². The summed E-state index contributed by atoms with van der Waals surface area (Å²) in [6.45, 7) is 0.0195. The second-order valence-corrected chi connectivity index (χ2v) is 7.60. The molecule has 0 N–H and O–H groups in total. The number of nitrogens with zero attached hydrogens (tertiary/aromatic N) is 3. The molecule has 3 aromatic rings. The third kappa shape index (κ3) is 3.53. The van der Waals surface area contributed by atoms with Gasteiger partial charge in [-0.3, -0.25) is 9.59 Å². The van der Waals surface area contributed by atoms with Crippen LogP contribution in [0.2, 0.25) is 0 Å². The molecule has 1 atom stereocenters. The molecule has 28 heavy (non-hydrogen) atoms. The lowest BCUT2D eigenvalue weighted by molar-refractivity contribution is -0.126. The van der Waals surface area contributed by atoms with Crippen molar-refractivity contribution in [2.24, 2.45) is 0 Å². The van der Waals surface area contributed by atoms with Gasteiger partial charge in [-0.25, -0.2) is 9.37 Å². The molecule has 0 bridgehead atoms. The number of rotatable bonds is 4. The third-order valence-electron chi connectivity index (χ3n) is 4.73. The van der Waals surface area contributed by atoms with Crippen molar-refractivity contribution in [1.29, 1.82) is 0 Å². The maximum atomic E-state index is 13.4. The number of hydrogen-bond acceptors (Lipinski definition) is 4. The molecule has 2 amide bonds. The molecular weight excluding hydrogens is 377 g/mol. The summed E-state index contributed by atoms with van der Waals surface area (Å²) in [5.41, 5.74) is 1.98. The molecule has 0 spiro atoms. The van der Waals surface area contributed by atoms with E-state index in [9.17, 15) is 14.0 Å². The lowest BCUT2D eigenvalue weighted by Crippen LogP contribution is -2.34. The Kier molecular flexibility index (Phi) is 4.92. The predicted molar refractivity (Wildman–Crippen MR) is 104 cm³/mol. The van der Waals surface area contributed by atoms with Gasteiger partial charge in [-0.15, -0.1) is 11.3 Å². The molecule has 0 saturated carbocycles. The molecule has 1 aromatic heterocycles. The fraction of sp³-hybridized carbons (Fsp3) is 0.190. The first kappa shape index (κ1) is 18.3. The molecule has 0 aliphatic carbocycles. The highest BCUT2D eigenvalue weighted by Gasteiger charge is 2.40. The number of benzene rings is 2. The van der Waals surface area contributed by atoms with E-state index in [4.69, 9.17) is 0 Å². The second kappa shape index (κ2) is 7.52. The zero-order chi connectivity index (χ0) is 19.7. The average Bonchev–Trinajstić information content (AvgIpc) is 3.27. The molecular formula is C21H18FN3O2S. The van der Waals surface area contributed by atoms with Gasteiger partial charge in [-0.05, 0) is 23.3 Å². The molecule has 142 valence electrons. The highest BCUT2D eigenvalue weighted by Crippen LogP contribution is 2.31. The average molecular weight is 395 g/mol. The van der Waals surface area contributed by atoms with Crippen LogP contribution in [0.3, 0.4) is 0 Å². The van der Waals surface area contributed by atoms with Crippen molar-refractivity contribution in [2.75, 3.05) is 13.6 Å². The zero-order valence-corrected chi connectivity index (χ0v) is 16.0. The van der Waals surface area contributed by atoms with E-state index in [1.165, 1.54) is 23.5 Å². The van der Waals surface area contributed by atoms with Crippen LogP contribution in [0, 0.1) is 5.82 Å². The van der Waals surface area contributed by atoms with E-state index in [0.717, 1.165) is 16.1 Å². The summed E-state index contributed by atoms with van der Waals surface area (Å²) in [6, 6.07) is 15.8. The number of halogens is 1. The SMILES string of the molecule is CN1C(=O)CN(C(=O)c2csc(Cc3cccc(F)c3)n2)[C@@H]1c1ccccc1. The maximum Gasteiger partial charge on any atom is 0.275 e. The van der Waals surface area contributed by atoms with Crippen LogP contribution >= 0.6 is 11.3 Å². The minimum Gasteiger partial charge on any atom is -0.320 e. The number of aromatic nitrogens is 1. The molecule has 2 aromatic carbocycles. The zero-order valence-electron chi connectivity index (χ0n) is 15.2. The minimum atomic E-state index is -0.449. The monoisotopic (exact) mass is 395 g/mol. The van der Waals surface area contributed by atoms with Crippen LogP contribution in [0.25, 0.3) is 0 Å². The Morgan fingerprint density at radius 2 is 2.00 bits per heavy atom. The first-order valence-electron chi connectivity index (χ1n) is 8.83. The number of hydrogen-bond donors (Lipinski definition) is 0. The number of carbonyl (C=O) groups is 2. The van der Waals surface area contributed by atoms with E-state index in [2.05, 4.69) is 4.98 Å². The molecule has 1 aliphatic rings. The van der Waals surface area contributed by atoms with Gasteiger partial charge >= 0.3 is 0 Å². The van der Waals surface area contributed by atoms with Crippen molar-refractivity contribution in [2.45, 2.75) is 12.6 Å². The molecule has 1 fully saturated rings. The van der Waals surface area contributed by atoms with Gasteiger partial charge < -0.3 is 9.80 Å². The van der Waals surface area contributed by atoms with Gasteiger partial charge in [0, 0.05) is 18.8 Å². The summed E-state index contributed by atoms with van der Waals surface area (Å²) in [5.74, 6) is -0.694. The van der Waals surface area contributed by atoms with Crippen molar-refractivity contribution in [3.63, 3.8) is 0 Å². The topological polar surface area (TPSA) is 53.5 Å². The Morgan fingerprint density at radius 1 is 1.21 bits per heavy atom. The summed E-state index contributed by atoms with van der Waals surface area (Å²) < 4.78 is 13.4. The quantitative estimate of drug-likeness (QED) is 0.680. The molecule has 5 nitrogen and oxygen atoms in total. The van der Waals surface area contributed by atoms with Crippen LogP contribution in [0.5, 0.6) is 0 Å². The summed E-state index contributed by atoms with van der Waals surface area (Å²) in [6.07, 6.45) is 0.00554. The highest BCUT2D eigenvalue weighted by atomic mass is 32.1. The van der Waals surface area contributed by atoms with Crippen molar-refractivity contribution < 1.29 is 14.0 Å². The Balaban J connectivity index is 1.57. The molecule has 4 rings (SSSR count). The van der Waals surface area contributed by atoms with Gasteiger partial charge in [0.1, 0.15) is 24.2 Å². The standard InChI is InChI=1S/C21H18FN3O2S/c1-24-19(26)12-25(20(24)15-7-3-2-4-8-15)21(27)17-13-28-18(23-17)11-14-6-5-9-16(22)10-14/h2-10,13,20H,11-12H2,1H3/t20-/m1/s1. The molecule has 2 heterocycles. The van der Waals surface area contributed by atoms with Crippen molar-refractivity contribution >= 4 is 23.2 Å². The van der Waals surface area contributed by atoms with Crippen molar-refractivity contribution in [1.82, 2.24) is 14.8 Å². The Labute approximate surface area is 166 Å². The molecule has 1 aliphatic heterocycles. The van der Waals surface area contributed by atoms with Crippen LogP contribution < -0.4 is 0 Å². The number of amides is 2. The lowest BCUT2D eigenvalue weighted by Gasteiger charge is -2.27. The van der Waals surface area contributed by atoms with Crippen LogP contribution in [0.15, 0.2) is 60.0 Å². The predicted octanol–water partition coefficient (Wildman–Crippen LogP) is 3.49. The van der Waals surface area contributed by atoms with Crippen molar-refractivity contribution in [3.8, 4) is 0 Å². The third-order valence-corrected chi connectivity index (χ3v) is 5.58. The van der Waals surface area contributed by atoms with E-state index in [1.807, 2.05) is 36.4 Å². The van der Waals surface area contributed by atoms with Gasteiger partial charge in [-0.1, -0.05) is 42.5 Å². The molecule has 0 radical (unpaired) electrons. The van der Waals surface area contributed by atoms with Crippen LogP contribution in [0.4, 0.5) is 4.39 Å². The summed E-state index contributed by atoms with van der Waals surface area (Å²) in [5, 5.41) is 2.42. The largest absolute Gasteiger partial charge is 0.320 e. The van der Waals surface area contributed by atoms with Crippen LogP contribution in [-0.4, -0.2) is 40.2 Å². The normalized spacial score (nSPS) is 16.6. The molecule has 0 unspecified atom stereocenters. The van der Waals surface area contributed by atoms with E-state index in [1.54, 1.807) is 28.3 Å². The second-order valence-electron chi connectivity index (χ2n) is 6.66.